The number of imidazole rings is 1. The summed E-state index contributed by atoms with van der Waals surface area (Å²) in [4.78, 5) is 4.40. The number of nitrogens with two attached hydrogens (primary N) is 1. The lowest BCUT2D eigenvalue weighted by Gasteiger charge is -2.07. The second kappa shape index (κ2) is 4.70. The Kier molecular flexibility index (Phi) is 3.03. The maximum absolute atomic E-state index is 6.04. The minimum absolute atomic E-state index is 0.511. The Labute approximate surface area is 120 Å². The van der Waals surface area contributed by atoms with Gasteiger partial charge >= 0.3 is 0 Å². The molecule has 0 fully saturated rings. The number of aromatic nitrogens is 2. The number of aryl methyl sites for hydroxylation is 1. The van der Waals surface area contributed by atoms with Gasteiger partial charge in [-0.15, -0.1) is 0 Å². The van der Waals surface area contributed by atoms with Gasteiger partial charge in [-0.3, -0.25) is 4.57 Å². The first-order chi connectivity index (χ1) is 9.19. The fourth-order valence-electron chi connectivity index (χ4n) is 2.22. The Morgan fingerprint density at radius 3 is 2.58 bits per heavy atom. The van der Waals surface area contributed by atoms with Crippen molar-refractivity contribution in [1.29, 1.82) is 0 Å². The van der Waals surface area contributed by atoms with Crippen LogP contribution in [0, 0.1) is 0 Å². The first-order valence-corrected chi connectivity index (χ1v) is 7.01. The molecule has 4 heteroatoms. The van der Waals surface area contributed by atoms with Crippen molar-refractivity contribution in [3.8, 4) is 5.69 Å². The SMILES string of the molecule is CCc1ccc(-n2c(N)nc3cc(Br)ccc32)cc1. The van der Waals surface area contributed by atoms with Crippen molar-refractivity contribution >= 4 is 32.9 Å². The summed E-state index contributed by atoms with van der Waals surface area (Å²) in [6.07, 6.45) is 1.04. The Hall–Kier alpha value is -1.81. The summed E-state index contributed by atoms with van der Waals surface area (Å²) >= 11 is 3.45. The predicted octanol–water partition coefficient (Wildman–Crippen LogP) is 3.93. The van der Waals surface area contributed by atoms with Crippen LogP contribution < -0.4 is 5.73 Å². The topological polar surface area (TPSA) is 43.8 Å². The van der Waals surface area contributed by atoms with Crippen molar-refractivity contribution in [3.05, 3.63) is 52.5 Å². The molecule has 2 aromatic carbocycles. The van der Waals surface area contributed by atoms with Crippen molar-refractivity contribution in [1.82, 2.24) is 9.55 Å². The molecule has 2 N–H and O–H groups in total. The number of halogens is 1. The first kappa shape index (κ1) is 12.2. The van der Waals surface area contributed by atoms with Gasteiger partial charge in [-0.25, -0.2) is 4.98 Å². The summed E-state index contributed by atoms with van der Waals surface area (Å²) in [7, 11) is 0. The van der Waals surface area contributed by atoms with E-state index in [9.17, 15) is 0 Å². The minimum atomic E-state index is 0.511. The van der Waals surface area contributed by atoms with Crippen LogP contribution >= 0.6 is 15.9 Å². The van der Waals surface area contributed by atoms with Gasteiger partial charge in [0.15, 0.2) is 0 Å². The van der Waals surface area contributed by atoms with E-state index in [0.29, 0.717) is 5.95 Å². The monoisotopic (exact) mass is 315 g/mol. The van der Waals surface area contributed by atoms with E-state index in [1.165, 1.54) is 5.56 Å². The highest BCUT2D eigenvalue weighted by Crippen LogP contribution is 2.25. The highest BCUT2D eigenvalue weighted by Gasteiger charge is 2.09. The standard InChI is InChI=1S/C15H14BrN3/c1-2-10-3-6-12(7-4-10)19-14-8-5-11(16)9-13(14)18-15(19)17/h3-9H,2H2,1H3,(H2,17,18). The Morgan fingerprint density at radius 1 is 1.16 bits per heavy atom. The molecule has 0 atom stereocenters. The van der Waals surface area contributed by atoms with Crippen molar-refractivity contribution in [2.45, 2.75) is 13.3 Å². The van der Waals surface area contributed by atoms with Crippen LogP contribution in [-0.2, 0) is 6.42 Å². The maximum atomic E-state index is 6.04. The predicted molar refractivity (Wildman–Crippen MR) is 82.6 cm³/mol. The molecule has 1 heterocycles. The number of benzene rings is 2. The summed E-state index contributed by atoms with van der Waals surface area (Å²) in [5.41, 5.74) is 10.3. The Balaban J connectivity index is 2.20. The highest BCUT2D eigenvalue weighted by molar-refractivity contribution is 9.10. The number of anilines is 1. The zero-order chi connectivity index (χ0) is 13.4. The third-order valence-corrected chi connectivity index (χ3v) is 3.74. The molecule has 0 aliphatic carbocycles. The van der Waals surface area contributed by atoms with E-state index < -0.39 is 0 Å². The van der Waals surface area contributed by atoms with Gasteiger partial charge in [0.1, 0.15) is 0 Å². The average Bonchev–Trinajstić information content (AvgIpc) is 2.74. The van der Waals surface area contributed by atoms with Gasteiger partial charge in [0.25, 0.3) is 0 Å². The molecule has 0 radical (unpaired) electrons. The molecule has 0 saturated carbocycles. The Morgan fingerprint density at radius 2 is 1.89 bits per heavy atom. The third kappa shape index (κ3) is 2.12. The molecule has 96 valence electrons. The van der Waals surface area contributed by atoms with Crippen molar-refractivity contribution in [2.75, 3.05) is 5.73 Å². The summed E-state index contributed by atoms with van der Waals surface area (Å²) in [6.45, 7) is 2.15. The molecule has 1 aromatic heterocycles. The smallest absolute Gasteiger partial charge is 0.205 e. The number of nitrogen functional groups attached to an aromatic ring is 1. The molecule has 0 spiro atoms. The third-order valence-electron chi connectivity index (χ3n) is 3.25. The molecule has 0 aliphatic rings. The van der Waals surface area contributed by atoms with E-state index in [-0.39, 0.29) is 0 Å². The molecule has 0 bridgehead atoms. The molecule has 3 aromatic rings. The summed E-state index contributed by atoms with van der Waals surface area (Å²) in [5.74, 6) is 0.511. The van der Waals surface area contributed by atoms with Gasteiger partial charge in [-0.2, -0.15) is 0 Å². The highest BCUT2D eigenvalue weighted by atomic mass is 79.9. The normalized spacial score (nSPS) is 11.1. The molecule has 0 unspecified atom stereocenters. The van der Waals surface area contributed by atoms with E-state index in [4.69, 9.17) is 5.73 Å². The first-order valence-electron chi connectivity index (χ1n) is 6.22. The van der Waals surface area contributed by atoms with Crippen molar-refractivity contribution in [3.63, 3.8) is 0 Å². The summed E-state index contributed by atoms with van der Waals surface area (Å²) in [6, 6.07) is 14.4. The van der Waals surface area contributed by atoms with Crippen molar-refractivity contribution in [2.24, 2.45) is 0 Å². The average molecular weight is 316 g/mol. The summed E-state index contributed by atoms with van der Waals surface area (Å²) < 4.78 is 2.98. The molecular formula is C15H14BrN3. The van der Waals surface area contributed by atoms with E-state index in [1.54, 1.807) is 0 Å². The lowest BCUT2D eigenvalue weighted by atomic mass is 10.1. The second-order valence-electron chi connectivity index (χ2n) is 4.46. The lowest BCUT2D eigenvalue weighted by molar-refractivity contribution is 1.09. The van der Waals surface area contributed by atoms with Crippen LogP contribution in [0.4, 0.5) is 5.95 Å². The number of nitrogens with zero attached hydrogens (tertiary/aromatic N) is 2. The van der Waals surface area contributed by atoms with Crippen LogP contribution in [-0.4, -0.2) is 9.55 Å². The van der Waals surface area contributed by atoms with Gasteiger partial charge < -0.3 is 5.73 Å². The van der Waals surface area contributed by atoms with Crippen LogP contribution in [0.3, 0.4) is 0 Å². The van der Waals surface area contributed by atoms with E-state index in [0.717, 1.165) is 27.6 Å². The van der Waals surface area contributed by atoms with Crippen molar-refractivity contribution < 1.29 is 0 Å². The molecule has 19 heavy (non-hydrogen) atoms. The zero-order valence-electron chi connectivity index (χ0n) is 10.6. The minimum Gasteiger partial charge on any atom is -0.369 e. The van der Waals surface area contributed by atoms with Gasteiger partial charge in [0.05, 0.1) is 11.0 Å². The van der Waals surface area contributed by atoms with Gasteiger partial charge in [-0.05, 0) is 42.3 Å². The van der Waals surface area contributed by atoms with Crippen LogP contribution in [0.1, 0.15) is 12.5 Å². The van der Waals surface area contributed by atoms with Gasteiger partial charge in [0, 0.05) is 10.2 Å². The quantitative estimate of drug-likeness (QED) is 0.778. The number of rotatable bonds is 2. The number of fused-ring (bicyclic) bond motifs is 1. The number of hydrogen-bond acceptors (Lipinski definition) is 2. The van der Waals surface area contributed by atoms with E-state index in [2.05, 4.69) is 52.1 Å². The molecule has 0 aliphatic heterocycles. The van der Waals surface area contributed by atoms with Crippen LogP contribution in [0.5, 0.6) is 0 Å². The van der Waals surface area contributed by atoms with Gasteiger partial charge in [-0.1, -0.05) is 35.0 Å². The Bertz CT molecular complexity index is 729. The largest absolute Gasteiger partial charge is 0.369 e. The number of hydrogen-bond donors (Lipinski definition) is 1. The summed E-state index contributed by atoms with van der Waals surface area (Å²) in [5, 5.41) is 0. The fraction of sp³-hybridized carbons (Fsp3) is 0.133. The van der Waals surface area contributed by atoms with Crippen LogP contribution in [0.2, 0.25) is 0 Å². The zero-order valence-corrected chi connectivity index (χ0v) is 12.2. The fourth-order valence-corrected chi connectivity index (χ4v) is 2.57. The van der Waals surface area contributed by atoms with Crippen LogP contribution in [0.25, 0.3) is 16.7 Å². The molecule has 3 nitrogen and oxygen atoms in total. The lowest BCUT2D eigenvalue weighted by Crippen LogP contribution is -2.00. The molecular weight excluding hydrogens is 302 g/mol. The van der Waals surface area contributed by atoms with E-state index >= 15 is 0 Å². The molecule has 0 saturated heterocycles. The van der Waals surface area contributed by atoms with Crippen LogP contribution in [0.15, 0.2) is 46.9 Å². The molecule has 3 rings (SSSR count). The molecule has 0 amide bonds. The second-order valence-corrected chi connectivity index (χ2v) is 5.37. The maximum Gasteiger partial charge on any atom is 0.205 e. The van der Waals surface area contributed by atoms with E-state index in [1.807, 2.05) is 22.8 Å². The van der Waals surface area contributed by atoms with Gasteiger partial charge in [0.2, 0.25) is 5.95 Å².